The van der Waals surface area contributed by atoms with E-state index in [0.29, 0.717) is 11.0 Å². The number of nitriles is 1. The monoisotopic (exact) mass is 536 g/mol. The third kappa shape index (κ3) is 5.58. The molecule has 2 aromatic carbocycles. The first-order valence-corrected chi connectivity index (χ1v) is 10.2. The third-order valence-electron chi connectivity index (χ3n) is 5.08. The molecule has 0 aromatic heterocycles. The van der Waals surface area contributed by atoms with E-state index >= 15 is 0 Å². The number of nitrogens with one attached hydrogen (secondary N) is 1. The minimum atomic E-state index is -5.08. The number of halogens is 7. The van der Waals surface area contributed by atoms with Crippen LogP contribution in [0.1, 0.15) is 16.7 Å². The number of carbonyl (C=O) groups is 2. The first kappa shape index (κ1) is 26.9. The lowest BCUT2D eigenvalue weighted by molar-refractivity contribution is -0.212. The Morgan fingerprint density at radius 2 is 1.89 bits per heavy atom. The molecule has 0 aliphatic carbocycles. The lowest BCUT2D eigenvalue weighted by Crippen LogP contribution is -2.42. The molecule has 1 fully saturated rings. The number of benzene rings is 2. The molecule has 2 unspecified atom stereocenters. The fourth-order valence-corrected chi connectivity index (χ4v) is 3.63. The van der Waals surface area contributed by atoms with Crippen LogP contribution >= 0.6 is 11.6 Å². The fourth-order valence-electron chi connectivity index (χ4n) is 3.42. The van der Waals surface area contributed by atoms with Crippen LogP contribution in [-0.4, -0.2) is 37.1 Å². The molecule has 15 heteroatoms. The summed E-state index contributed by atoms with van der Waals surface area (Å²) < 4.78 is 90.5. The lowest BCUT2D eigenvalue weighted by Gasteiger charge is -2.27. The summed E-state index contributed by atoms with van der Waals surface area (Å²) in [7, 11) is 0. The maximum Gasteiger partial charge on any atom is 0.433 e. The van der Waals surface area contributed by atoms with Gasteiger partial charge in [-0.1, -0.05) is 11.6 Å². The summed E-state index contributed by atoms with van der Waals surface area (Å²) in [4.78, 5) is 24.1. The SMILES string of the molecule is Cc1c(OC(N)=O)ccc(NC(=O)C2CN(c3ccc(C#N)c(C(F)(F)F)c3)C(C(F)(F)F)O2)c1Cl. The summed E-state index contributed by atoms with van der Waals surface area (Å²) in [6, 6.07) is 5.79. The average Bonchev–Trinajstić information content (AvgIpc) is 3.24. The van der Waals surface area contributed by atoms with Crippen LogP contribution in [0, 0.1) is 18.3 Å². The number of nitrogens with zero attached hydrogens (tertiary/aromatic N) is 2. The summed E-state index contributed by atoms with van der Waals surface area (Å²) in [5, 5.41) is 11.1. The Balaban J connectivity index is 1.89. The Labute approximate surface area is 204 Å². The molecule has 2 atom stereocenters. The smallest absolute Gasteiger partial charge is 0.410 e. The molecule has 0 spiro atoms. The first-order chi connectivity index (χ1) is 16.6. The maximum absolute atomic E-state index is 13.7. The van der Waals surface area contributed by atoms with Gasteiger partial charge >= 0.3 is 18.4 Å². The Bertz CT molecular complexity index is 1240. The number of nitrogens with two attached hydrogens (primary N) is 1. The summed E-state index contributed by atoms with van der Waals surface area (Å²) in [5.41, 5.74) is 2.30. The van der Waals surface area contributed by atoms with Crippen molar-refractivity contribution < 1.29 is 45.4 Å². The van der Waals surface area contributed by atoms with Gasteiger partial charge in [-0.2, -0.15) is 31.6 Å². The fraction of sp³-hybridized carbons (Fsp3) is 0.286. The number of primary amides is 1. The Morgan fingerprint density at radius 1 is 1.22 bits per heavy atom. The van der Waals surface area contributed by atoms with Crippen molar-refractivity contribution in [1.29, 1.82) is 5.26 Å². The van der Waals surface area contributed by atoms with Crippen molar-refractivity contribution in [3.63, 3.8) is 0 Å². The van der Waals surface area contributed by atoms with E-state index in [-0.39, 0.29) is 22.0 Å². The lowest BCUT2D eigenvalue weighted by atomic mass is 10.1. The van der Waals surface area contributed by atoms with Gasteiger partial charge in [0.05, 0.1) is 34.5 Å². The molecule has 8 nitrogen and oxygen atoms in total. The van der Waals surface area contributed by atoms with Gasteiger partial charge in [0.2, 0.25) is 6.23 Å². The zero-order valence-corrected chi connectivity index (χ0v) is 18.8. The van der Waals surface area contributed by atoms with Crippen LogP contribution in [0.25, 0.3) is 0 Å². The van der Waals surface area contributed by atoms with E-state index in [1.807, 2.05) is 0 Å². The van der Waals surface area contributed by atoms with Gasteiger partial charge in [0, 0.05) is 11.3 Å². The number of ether oxygens (including phenoxy) is 2. The summed E-state index contributed by atoms with van der Waals surface area (Å²) >= 11 is 6.14. The van der Waals surface area contributed by atoms with Crippen molar-refractivity contribution >= 4 is 35.0 Å². The van der Waals surface area contributed by atoms with Crippen LogP contribution in [0.4, 0.5) is 42.5 Å². The number of amides is 2. The molecule has 1 aliphatic rings. The predicted molar refractivity (Wildman–Crippen MR) is 113 cm³/mol. The normalized spacial score (nSPS) is 18.0. The highest BCUT2D eigenvalue weighted by Gasteiger charge is 2.52. The molecular formula is C21H15ClF6N4O4. The van der Waals surface area contributed by atoms with Crippen molar-refractivity contribution in [2.75, 3.05) is 16.8 Å². The molecule has 192 valence electrons. The number of anilines is 2. The average molecular weight is 537 g/mol. The Morgan fingerprint density at radius 3 is 2.44 bits per heavy atom. The molecule has 3 N–H and O–H groups in total. The van der Waals surface area contributed by atoms with E-state index < -0.39 is 60.0 Å². The van der Waals surface area contributed by atoms with E-state index in [4.69, 9.17) is 32.1 Å². The molecule has 1 saturated heterocycles. The summed E-state index contributed by atoms with van der Waals surface area (Å²) in [6.45, 7) is 0.658. The van der Waals surface area contributed by atoms with Gasteiger partial charge in [-0.25, -0.2) is 4.79 Å². The number of alkyl halides is 6. The molecule has 0 bridgehead atoms. The van der Waals surface area contributed by atoms with E-state index in [0.717, 1.165) is 12.1 Å². The van der Waals surface area contributed by atoms with Gasteiger partial charge in [-0.05, 0) is 37.3 Å². The van der Waals surface area contributed by atoms with Gasteiger partial charge in [0.15, 0.2) is 6.10 Å². The quantitative estimate of drug-likeness (QED) is 0.546. The largest absolute Gasteiger partial charge is 0.433 e. The number of rotatable bonds is 4. The number of carbonyl (C=O) groups excluding carboxylic acids is 2. The van der Waals surface area contributed by atoms with E-state index in [1.165, 1.54) is 25.1 Å². The van der Waals surface area contributed by atoms with Crippen molar-refractivity contribution in [3.05, 3.63) is 52.0 Å². The van der Waals surface area contributed by atoms with Gasteiger partial charge in [-0.15, -0.1) is 0 Å². The number of hydrogen-bond acceptors (Lipinski definition) is 6. The summed E-state index contributed by atoms with van der Waals surface area (Å²) in [5.74, 6) is -1.09. The zero-order valence-electron chi connectivity index (χ0n) is 18.0. The second-order valence-electron chi connectivity index (χ2n) is 7.47. The molecule has 2 amide bonds. The van der Waals surface area contributed by atoms with Gasteiger partial charge in [-0.3, -0.25) is 4.79 Å². The van der Waals surface area contributed by atoms with Crippen LogP contribution in [0.3, 0.4) is 0 Å². The maximum atomic E-state index is 13.7. The molecule has 36 heavy (non-hydrogen) atoms. The van der Waals surface area contributed by atoms with Gasteiger partial charge in [0.25, 0.3) is 5.91 Å². The molecule has 2 aromatic rings. The van der Waals surface area contributed by atoms with Crippen LogP contribution in [-0.2, 0) is 15.7 Å². The van der Waals surface area contributed by atoms with E-state index in [9.17, 15) is 35.9 Å². The highest BCUT2D eigenvalue weighted by Crippen LogP contribution is 2.39. The molecular weight excluding hydrogens is 522 g/mol. The van der Waals surface area contributed by atoms with Crippen molar-refractivity contribution in [3.8, 4) is 11.8 Å². The third-order valence-corrected chi connectivity index (χ3v) is 5.56. The van der Waals surface area contributed by atoms with Crippen LogP contribution < -0.4 is 20.7 Å². The minimum Gasteiger partial charge on any atom is -0.410 e. The second kappa shape index (κ2) is 9.75. The van der Waals surface area contributed by atoms with Gasteiger partial charge < -0.3 is 25.4 Å². The van der Waals surface area contributed by atoms with Crippen molar-refractivity contribution in [2.45, 2.75) is 31.6 Å². The molecule has 1 heterocycles. The number of hydrogen-bond donors (Lipinski definition) is 2. The molecule has 0 radical (unpaired) electrons. The molecule has 0 saturated carbocycles. The Hall–Kier alpha value is -3.70. The minimum absolute atomic E-state index is 0.0211. The summed E-state index contributed by atoms with van der Waals surface area (Å²) in [6.07, 6.45) is -15.7. The Kier molecular flexibility index (Phi) is 7.28. The standard InChI is InChI=1S/C21H15ClF6N4O4/c1-9-14(36-19(30)34)5-4-13(16(9)22)31-17(33)15-8-32(18(35-15)21(26,27)28)11-3-2-10(7-29)12(6-11)20(23,24)25/h2-6,15,18H,8H2,1H3,(H2,30,34)(H,31,33). The highest BCUT2D eigenvalue weighted by molar-refractivity contribution is 6.34. The van der Waals surface area contributed by atoms with Gasteiger partial charge in [0.1, 0.15) is 5.75 Å². The topological polar surface area (TPSA) is 118 Å². The van der Waals surface area contributed by atoms with Crippen LogP contribution in [0.2, 0.25) is 5.02 Å². The molecule has 3 rings (SSSR count). The van der Waals surface area contributed by atoms with Crippen LogP contribution in [0.15, 0.2) is 30.3 Å². The van der Waals surface area contributed by atoms with Crippen LogP contribution in [0.5, 0.6) is 5.75 Å². The van der Waals surface area contributed by atoms with Crippen molar-refractivity contribution in [1.82, 2.24) is 0 Å². The molecule has 1 aliphatic heterocycles. The highest BCUT2D eigenvalue weighted by atomic mass is 35.5. The second-order valence-corrected chi connectivity index (χ2v) is 7.85. The van der Waals surface area contributed by atoms with E-state index in [2.05, 4.69) is 5.32 Å². The zero-order chi connectivity index (χ0) is 27.0. The predicted octanol–water partition coefficient (Wildman–Crippen LogP) is 4.73. The van der Waals surface area contributed by atoms with Crippen molar-refractivity contribution in [2.24, 2.45) is 5.73 Å². The van der Waals surface area contributed by atoms with E-state index in [1.54, 1.807) is 0 Å². The first-order valence-electron chi connectivity index (χ1n) is 9.81.